The summed E-state index contributed by atoms with van der Waals surface area (Å²) in [4.78, 5) is 11.9. The Labute approximate surface area is 108 Å². The van der Waals surface area contributed by atoms with Crippen LogP contribution in [0.5, 0.6) is 0 Å². The van der Waals surface area contributed by atoms with E-state index in [4.69, 9.17) is 4.74 Å². The molecule has 2 aliphatic rings. The van der Waals surface area contributed by atoms with Gasteiger partial charge in [0, 0.05) is 12.2 Å². The third-order valence-electron chi connectivity index (χ3n) is 4.35. The van der Waals surface area contributed by atoms with Crippen molar-refractivity contribution in [1.82, 2.24) is 0 Å². The first kappa shape index (κ1) is 11.6. The van der Waals surface area contributed by atoms with E-state index in [1.807, 2.05) is 0 Å². The highest BCUT2D eigenvalue weighted by Gasteiger charge is 2.45. The number of esters is 1. The first-order chi connectivity index (χ1) is 8.73. The predicted molar refractivity (Wildman–Crippen MR) is 70.6 cm³/mol. The lowest BCUT2D eigenvalue weighted by molar-refractivity contribution is -0.158. The van der Waals surface area contributed by atoms with Crippen molar-refractivity contribution in [3.63, 3.8) is 0 Å². The van der Waals surface area contributed by atoms with E-state index in [0.717, 1.165) is 38.6 Å². The molecule has 3 heteroatoms. The summed E-state index contributed by atoms with van der Waals surface area (Å²) in [5, 5.41) is 3.36. The molecule has 1 aliphatic heterocycles. The van der Waals surface area contributed by atoms with Gasteiger partial charge in [-0.2, -0.15) is 0 Å². The molecule has 3 nitrogen and oxygen atoms in total. The normalized spacial score (nSPS) is 19.6. The molecule has 0 bridgehead atoms. The van der Waals surface area contributed by atoms with Crippen LogP contribution < -0.4 is 5.32 Å². The Kier molecular flexibility index (Phi) is 2.77. The van der Waals surface area contributed by atoms with E-state index in [1.54, 1.807) is 0 Å². The Morgan fingerprint density at radius 2 is 2.28 bits per heavy atom. The van der Waals surface area contributed by atoms with Crippen LogP contribution in [0.2, 0.25) is 0 Å². The number of nitrogens with one attached hydrogen (secondary N) is 1. The lowest BCUT2D eigenvalue weighted by Crippen LogP contribution is -2.40. The Bertz CT molecular complexity index is 477. The van der Waals surface area contributed by atoms with Crippen molar-refractivity contribution in [2.75, 3.05) is 19.0 Å². The molecule has 1 aliphatic carbocycles. The molecule has 1 saturated carbocycles. The number of hydrogen-bond acceptors (Lipinski definition) is 3. The van der Waals surface area contributed by atoms with Crippen molar-refractivity contribution in [3.8, 4) is 0 Å². The van der Waals surface area contributed by atoms with E-state index in [1.165, 1.54) is 23.9 Å². The molecule has 1 fully saturated rings. The molecule has 1 N–H and O–H groups in total. The number of methoxy groups -OCH3 is 1. The molecule has 96 valence electrons. The molecule has 18 heavy (non-hydrogen) atoms. The van der Waals surface area contributed by atoms with Gasteiger partial charge in [0.15, 0.2) is 0 Å². The quantitative estimate of drug-likeness (QED) is 0.832. The molecule has 0 amide bonds. The third-order valence-corrected chi connectivity index (χ3v) is 4.35. The van der Waals surface area contributed by atoms with Gasteiger partial charge >= 0.3 is 5.97 Å². The molecule has 0 saturated heterocycles. The number of fused-ring (bicyclic) bond motifs is 1. The van der Waals surface area contributed by atoms with Crippen LogP contribution in [0.4, 0.5) is 5.69 Å². The van der Waals surface area contributed by atoms with E-state index in [-0.39, 0.29) is 11.4 Å². The van der Waals surface area contributed by atoms with E-state index >= 15 is 0 Å². The second-order valence-electron chi connectivity index (χ2n) is 5.47. The lowest BCUT2D eigenvalue weighted by Gasteiger charge is -2.39. The van der Waals surface area contributed by atoms with E-state index in [2.05, 4.69) is 23.5 Å². The van der Waals surface area contributed by atoms with Crippen LogP contribution in [0.25, 0.3) is 0 Å². The summed E-state index contributed by atoms with van der Waals surface area (Å²) in [6.07, 6.45) is 4.99. The maximum absolute atomic E-state index is 11.9. The minimum absolute atomic E-state index is 0.0348. The highest BCUT2D eigenvalue weighted by atomic mass is 16.5. The summed E-state index contributed by atoms with van der Waals surface area (Å²) in [6.45, 7) is 1.03. The predicted octanol–water partition coefficient (Wildman–Crippen LogP) is 2.54. The molecule has 0 spiro atoms. The highest BCUT2D eigenvalue weighted by molar-refractivity contribution is 5.78. The van der Waals surface area contributed by atoms with Crippen LogP contribution in [0.1, 0.15) is 30.4 Å². The van der Waals surface area contributed by atoms with E-state index in [0.29, 0.717) is 0 Å². The van der Waals surface area contributed by atoms with Gasteiger partial charge in [0.1, 0.15) is 0 Å². The molecule has 1 aromatic carbocycles. The van der Waals surface area contributed by atoms with Gasteiger partial charge in [-0.05, 0) is 42.9 Å². The topological polar surface area (TPSA) is 38.3 Å². The maximum Gasteiger partial charge on any atom is 0.312 e. The minimum Gasteiger partial charge on any atom is -0.469 e. The third kappa shape index (κ3) is 1.78. The van der Waals surface area contributed by atoms with Crippen LogP contribution in [0.3, 0.4) is 0 Å². The van der Waals surface area contributed by atoms with Gasteiger partial charge in [0.2, 0.25) is 0 Å². The smallest absolute Gasteiger partial charge is 0.312 e. The van der Waals surface area contributed by atoms with Gasteiger partial charge in [-0.1, -0.05) is 18.6 Å². The fraction of sp³-hybridized carbons (Fsp3) is 0.533. The monoisotopic (exact) mass is 245 g/mol. The highest BCUT2D eigenvalue weighted by Crippen LogP contribution is 2.45. The zero-order chi connectivity index (χ0) is 12.6. The summed E-state index contributed by atoms with van der Waals surface area (Å²) in [5.41, 5.74) is 3.66. The second-order valence-corrected chi connectivity index (χ2v) is 5.47. The SMILES string of the molecule is COC(=O)C1(Cc2ccc3c(c2)CCN3)CCC1. The van der Waals surface area contributed by atoms with Crippen LogP contribution in [-0.2, 0) is 22.4 Å². The summed E-state index contributed by atoms with van der Waals surface area (Å²) in [6, 6.07) is 6.53. The Hall–Kier alpha value is -1.51. The standard InChI is InChI=1S/C15H19NO2/c1-18-14(17)15(6-2-7-15)10-11-3-4-13-12(9-11)5-8-16-13/h3-4,9,16H,2,5-8,10H2,1H3. The number of anilines is 1. The van der Waals surface area contributed by atoms with Crippen molar-refractivity contribution in [2.24, 2.45) is 5.41 Å². The molecule has 1 heterocycles. The van der Waals surface area contributed by atoms with Crippen LogP contribution in [0, 0.1) is 5.41 Å². The van der Waals surface area contributed by atoms with Gasteiger partial charge in [-0.15, -0.1) is 0 Å². The van der Waals surface area contributed by atoms with Crippen LogP contribution >= 0.6 is 0 Å². The minimum atomic E-state index is -0.241. The van der Waals surface area contributed by atoms with Gasteiger partial charge < -0.3 is 10.1 Å². The van der Waals surface area contributed by atoms with Crippen molar-refractivity contribution < 1.29 is 9.53 Å². The van der Waals surface area contributed by atoms with Gasteiger partial charge in [0.05, 0.1) is 12.5 Å². The fourth-order valence-electron chi connectivity index (χ4n) is 3.13. The van der Waals surface area contributed by atoms with Crippen LogP contribution in [0.15, 0.2) is 18.2 Å². The number of benzene rings is 1. The molecule has 0 radical (unpaired) electrons. The van der Waals surface area contributed by atoms with Crippen molar-refractivity contribution >= 4 is 11.7 Å². The molecule has 0 unspecified atom stereocenters. The Morgan fingerprint density at radius 1 is 1.44 bits per heavy atom. The van der Waals surface area contributed by atoms with Crippen LogP contribution in [-0.4, -0.2) is 19.6 Å². The number of ether oxygens (including phenoxy) is 1. The molecule has 0 aromatic heterocycles. The van der Waals surface area contributed by atoms with E-state index in [9.17, 15) is 4.79 Å². The first-order valence-electron chi connectivity index (χ1n) is 6.68. The van der Waals surface area contributed by atoms with Gasteiger partial charge in [-0.3, -0.25) is 4.79 Å². The Morgan fingerprint density at radius 3 is 2.94 bits per heavy atom. The van der Waals surface area contributed by atoms with Crippen molar-refractivity contribution in [2.45, 2.75) is 32.1 Å². The largest absolute Gasteiger partial charge is 0.469 e. The zero-order valence-electron chi connectivity index (χ0n) is 10.8. The molecule has 1 aromatic rings. The average molecular weight is 245 g/mol. The molecule has 3 rings (SSSR count). The van der Waals surface area contributed by atoms with Crippen molar-refractivity contribution in [3.05, 3.63) is 29.3 Å². The number of hydrogen-bond donors (Lipinski definition) is 1. The fourth-order valence-corrected chi connectivity index (χ4v) is 3.13. The summed E-state index contributed by atoms with van der Waals surface area (Å²) in [7, 11) is 1.50. The summed E-state index contributed by atoms with van der Waals surface area (Å²) < 4.78 is 4.97. The summed E-state index contributed by atoms with van der Waals surface area (Å²) >= 11 is 0. The molecular weight excluding hydrogens is 226 g/mol. The average Bonchev–Trinajstić information content (AvgIpc) is 2.80. The first-order valence-corrected chi connectivity index (χ1v) is 6.68. The molecule has 0 atom stereocenters. The summed E-state index contributed by atoms with van der Waals surface area (Å²) in [5.74, 6) is -0.0348. The van der Waals surface area contributed by atoms with Gasteiger partial charge in [-0.25, -0.2) is 0 Å². The molecular formula is C15H19NO2. The maximum atomic E-state index is 11.9. The van der Waals surface area contributed by atoms with E-state index < -0.39 is 0 Å². The number of carbonyl (C=O) groups is 1. The van der Waals surface area contributed by atoms with Gasteiger partial charge in [0.25, 0.3) is 0 Å². The Balaban J connectivity index is 1.81. The van der Waals surface area contributed by atoms with Crippen molar-refractivity contribution in [1.29, 1.82) is 0 Å². The number of carbonyl (C=O) groups excluding carboxylic acids is 1. The zero-order valence-corrected chi connectivity index (χ0v) is 10.8. The second kappa shape index (κ2) is 4.30. The number of rotatable bonds is 3. The lowest BCUT2D eigenvalue weighted by atomic mass is 9.65.